The van der Waals surface area contributed by atoms with E-state index in [1.807, 2.05) is 6.07 Å². The smallest absolute Gasteiger partial charge is 0.234 e. The first-order valence-corrected chi connectivity index (χ1v) is 10.1. The van der Waals surface area contributed by atoms with E-state index in [4.69, 9.17) is 4.74 Å². The molecule has 1 unspecified atom stereocenters. The number of benzene rings is 1. The normalized spacial score (nSPS) is 27.0. The van der Waals surface area contributed by atoms with E-state index in [1.165, 1.54) is 31.2 Å². The second-order valence-corrected chi connectivity index (χ2v) is 8.09. The Labute approximate surface area is 155 Å². The van der Waals surface area contributed by atoms with E-state index in [2.05, 4.69) is 22.3 Å². The van der Waals surface area contributed by atoms with Gasteiger partial charge >= 0.3 is 0 Å². The lowest BCUT2D eigenvalue weighted by molar-refractivity contribution is -0.124. The highest BCUT2D eigenvalue weighted by molar-refractivity contribution is 5.78. The summed E-state index contributed by atoms with van der Waals surface area (Å²) in [5.74, 6) is 1.39. The monoisotopic (exact) mass is 358 g/mol. The second kappa shape index (κ2) is 7.97. The summed E-state index contributed by atoms with van der Waals surface area (Å²) in [6.45, 7) is 3.28. The minimum atomic E-state index is -0.220. The Morgan fingerprint density at radius 3 is 2.73 bits per heavy atom. The van der Waals surface area contributed by atoms with Crippen LogP contribution >= 0.6 is 0 Å². The highest BCUT2D eigenvalue weighted by Gasteiger charge is 2.36. The molecule has 1 atom stereocenters. The predicted molar refractivity (Wildman–Crippen MR) is 100 cm³/mol. The highest BCUT2D eigenvalue weighted by atomic mass is 16.5. The molecule has 0 radical (unpaired) electrons. The molecule has 0 bridgehead atoms. The van der Waals surface area contributed by atoms with Crippen LogP contribution in [0.1, 0.15) is 55.7 Å². The van der Waals surface area contributed by atoms with E-state index >= 15 is 0 Å². The molecule has 1 amide bonds. The summed E-state index contributed by atoms with van der Waals surface area (Å²) in [7, 11) is 0. The molecule has 1 aliphatic carbocycles. The first-order valence-electron chi connectivity index (χ1n) is 10.1. The quantitative estimate of drug-likeness (QED) is 0.849. The standard InChI is InChI=1S/C21H30N2O3/c24-18-12-17(13-18)21(16-5-6-19-15(11-16)7-10-26-19)22-20(25)14-23-8-3-1-2-4-9-23/h5-6,11,17-18,21,24H,1-4,7-10,12-14H2,(H,22,25). The molecule has 2 fully saturated rings. The van der Waals surface area contributed by atoms with Gasteiger partial charge in [-0.2, -0.15) is 0 Å². The maximum atomic E-state index is 12.7. The maximum absolute atomic E-state index is 12.7. The molecule has 5 nitrogen and oxygen atoms in total. The van der Waals surface area contributed by atoms with Gasteiger partial charge in [0, 0.05) is 6.42 Å². The van der Waals surface area contributed by atoms with Gasteiger partial charge in [0.1, 0.15) is 5.75 Å². The first-order chi connectivity index (χ1) is 12.7. The Morgan fingerprint density at radius 2 is 2.00 bits per heavy atom. The molecule has 2 aliphatic heterocycles. The van der Waals surface area contributed by atoms with Gasteiger partial charge < -0.3 is 15.2 Å². The van der Waals surface area contributed by atoms with Crippen LogP contribution in [0.15, 0.2) is 18.2 Å². The van der Waals surface area contributed by atoms with Crippen molar-refractivity contribution in [1.82, 2.24) is 10.2 Å². The molecule has 0 spiro atoms. The molecular formula is C21H30N2O3. The van der Waals surface area contributed by atoms with Crippen molar-refractivity contribution in [2.24, 2.45) is 5.92 Å². The largest absolute Gasteiger partial charge is 0.493 e. The van der Waals surface area contributed by atoms with Gasteiger partial charge in [-0.3, -0.25) is 9.69 Å². The number of nitrogens with one attached hydrogen (secondary N) is 1. The zero-order valence-corrected chi connectivity index (χ0v) is 15.5. The third-order valence-electron chi connectivity index (χ3n) is 6.08. The molecule has 2 N–H and O–H groups in total. The number of amides is 1. The molecule has 3 aliphatic rings. The van der Waals surface area contributed by atoms with Crippen LogP contribution in [0.5, 0.6) is 5.75 Å². The van der Waals surface area contributed by atoms with E-state index in [0.29, 0.717) is 12.5 Å². The minimum absolute atomic E-state index is 0.0104. The summed E-state index contributed by atoms with van der Waals surface area (Å²) in [6, 6.07) is 6.28. The average molecular weight is 358 g/mol. The molecule has 142 valence electrons. The topological polar surface area (TPSA) is 61.8 Å². The zero-order chi connectivity index (χ0) is 17.9. The van der Waals surface area contributed by atoms with Crippen molar-refractivity contribution in [2.75, 3.05) is 26.2 Å². The fourth-order valence-corrected chi connectivity index (χ4v) is 4.49. The maximum Gasteiger partial charge on any atom is 0.234 e. The zero-order valence-electron chi connectivity index (χ0n) is 15.5. The van der Waals surface area contributed by atoms with Gasteiger partial charge in [-0.05, 0) is 68.0 Å². The van der Waals surface area contributed by atoms with Crippen LogP contribution < -0.4 is 10.1 Å². The van der Waals surface area contributed by atoms with E-state index in [9.17, 15) is 9.90 Å². The Hall–Kier alpha value is -1.59. The molecule has 2 heterocycles. The number of aliphatic hydroxyl groups excluding tert-OH is 1. The van der Waals surface area contributed by atoms with E-state index in [1.54, 1.807) is 0 Å². The van der Waals surface area contributed by atoms with Crippen molar-refractivity contribution in [3.8, 4) is 5.75 Å². The Kier molecular flexibility index (Phi) is 5.46. The Balaban J connectivity index is 1.44. The number of ether oxygens (including phenoxy) is 1. The number of hydrogen-bond donors (Lipinski definition) is 2. The predicted octanol–water partition coefficient (Wildman–Crippen LogP) is 2.43. The molecular weight excluding hydrogens is 328 g/mol. The fraction of sp³-hybridized carbons (Fsp3) is 0.667. The number of carbonyl (C=O) groups is 1. The highest BCUT2D eigenvalue weighted by Crippen LogP contribution is 2.39. The summed E-state index contributed by atoms with van der Waals surface area (Å²) >= 11 is 0. The van der Waals surface area contributed by atoms with Crippen molar-refractivity contribution in [3.63, 3.8) is 0 Å². The number of nitrogens with zero attached hydrogens (tertiary/aromatic N) is 1. The number of hydrogen-bond acceptors (Lipinski definition) is 4. The van der Waals surface area contributed by atoms with E-state index in [-0.39, 0.29) is 18.1 Å². The summed E-state index contributed by atoms with van der Waals surface area (Å²) in [4.78, 5) is 15.0. The van der Waals surface area contributed by atoms with E-state index in [0.717, 1.165) is 50.3 Å². The summed E-state index contributed by atoms with van der Waals surface area (Å²) < 4.78 is 5.61. The first kappa shape index (κ1) is 17.8. The van der Waals surface area contributed by atoms with Gasteiger partial charge in [0.15, 0.2) is 0 Å². The van der Waals surface area contributed by atoms with Crippen molar-refractivity contribution in [3.05, 3.63) is 29.3 Å². The minimum Gasteiger partial charge on any atom is -0.493 e. The van der Waals surface area contributed by atoms with Gasteiger partial charge in [0.05, 0.1) is 25.3 Å². The van der Waals surface area contributed by atoms with Crippen LogP contribution in [0, 0.1) is 5.92 Å². The molecule has 5 heteroatoms. The summed E-state index contributed by atoms with van der Waals surface area (Å²) in [5, 5.41) is 13.0. The molecule has 1 aromatic rings. The van der Waals surface area contributed by atoms with Crippen molar-refractivity contribution in [1.29, 1.82) is 0 Å². The third-order valence-corrected chi connectivity index (χ3v) is 6.08. The van der Waals surface area contributed by atoms with Gasteiger partial charge in [-0.25, -0.2) is 0 Å². The Bertz CT molecular complexity index is 634. The molecule has 1 saturated heterocycles. The van der Waals surface area contributed by atoms with Crippen LogP contribution in [0.2, 0.25) is 0 Å². The lowest BCUT2D eigenvalue weighted by Crippen LogP contribution is -2.45. The molecule has 1 aromatic carbocycles. The lowest BCUT2D eigenvalue weighted by atomic mass is 9.75. The van der Waals surface area contributed by atoms with Crippen LogP contribution in [-0.2, 0) is 11.2 Å². The lowest BCUT2D eigenvalue weighted by Gasteiger charge is -2.38. The fourth-order valence-electron chi connectivity index (χ4n) is 4.49. The van der Waals surface area contributed by atoms with Crippen molar-refractivity contribution >= 4 is 5.91 Å². The van der Waals surface area contributed by atoms with Gasteiger partial charge in [-0.1, -0.05) is 18.9 Å². The summed E-state index contributed by atoms with van der Waals surface area (Å²) in [5.41, 5.74) is 2.38. The van der Waals surface area contributed by atoms with Crippen LogP contribution in [-0.4, -0.2) is 48.3 Å². The molecule has 1 saturated carbocycles. The van der Waals surface area contributed by atoms with Crippen molar-refractivity contribution in [2.45, 2.75) is 57.1 Å². The number of rotatable bonds is 5. The van der Waals surface area contributed by atoms with Crippen molar-refractivity contribution < 1.29 is 14.6 Å². The SMILES string of the molecule is O=C(CN1CCCCCC1)NC(c1ccc2c(c1)CCO2)C1CC(O)C1. The third kappa shape index (κ3) is 4.04. The summed E-state index contributed by atoms with van der Waals surface area (Å²) in [6.07, 6.45) is 7.18. The molecule has 4 rings (SSSR count). The van der Waals surface area contributed by atoms with Gasteiger partial charge in [0.2, 0.25) is 5.91 Å². The average Bonchev–Trinajstić information content (AvgIpc) is 2.93. The van der Waals surface area contributed by atoms with E-state index < -0.39 is 0 Å². The second-order valence-electron chi connectivity index (χ2n) is 8.09. The Morgan fingerprint density at radius 1 is 1.23 bits per heavy atom. The van der Waals surface area contributed by atoms with Crippen LogP contribution in [0.3, 0.4) is 0 Å². The van der Waals surface area contributed by atoms with Gasteiger partial charge in [-0.15, -0.1) is 0 Å². The molecule has 0 aromatic heterocycles. The number of aliphatic hydroxyl groups is 1. The number of likely N-dealkylation sites (tertiary alicyclic amines) is 1. The van der Waals surface area contributed by atoms with Crippen LogP contribution in [0.4, 0.5) is 0 Å². The number of carbonyl (C=O) groups excluding carboxylic acids is 1. The van der Waals surface area contributed by atoms with Gasteiger partial charge in [0.25, 0.3) is 0 Å². The molecule has 26 heavy (non-hydrogen) atoms. The number of fused-ring (bicyclic) bond motifs is 1. The van der Waals surface area contributed by atoms with Crippen LogP contribution in [0.25, 0.3) is 0 Å².